The Balaban J connectivity index is 3.02. The number of hydrogen-bond acceptors (Lipinski definition) is 3. The van der Waals surface area contributed by atoms with Crippen LogP contribution >= 0.6 is 0 Å². The van der Waals surface area contributed by atoms with E-state index in [0.717, 1.165) is 0 Å². The van der Waals surface area contributed by atoms with Crippen molar-refractivity contribution < 1.29 is 27.2 Å². The van der Waals surface area contributed by atoms with Gasteiger partial charge in [0, 0.05) is 12.1 Å². The van der Waals surface area contributed by atoms with Crippen molar-refractivity contribution in [2.24, 2.45) is 10.9 Å². The molecule has 0 aromatic heterocycles. The van der Waals surface area contributed by atoms with Gasteiger partial charge in [0.15, 0.2) is 5.84 Å². The second kappa shape index (κ2) is 4.47. The molecule has 4 nitrogen and oxygen atoms in total. The number of alkyl halides is 5. The Morgan fingerprint density at radius 1 is 1.41 bits per heavy atom. The monoisotopic (exact) mass is 259 g/mol. The van der Waals surface area contributed by atoms with E-state index in [2.05, 4.69) is 10.5 Å². The molecule has 0 aromatic rings. The minimum absolute atomic E-state index is 0.113. The van der Waals surface area contributed by atoms with Crippen LogP contribution in [-0.2, 0) is 0 Å². The summed E-state index contributed by atoms with van der Waals surface area (Å²) in [6.07, 6.45) is -5.47. The lowest BCUT2D eigenvalue weighted by Gasteiger charge is -2.28. The van der Waals surface area contributed by atoms with Gasteiger partial charge in [0.1, 0.15) is 0 Å². The summed E-state index contributed by atoms with van der Waals surface area (Å²) in [6.45, 7) is -0.113. The molecule has 0 saturated heterocycles. The molecule has 9 heteroatoms. The first kappa shape index (κ1) is 13.7. The standard InChI is InChI=1S/C8H10F5N3O/c9-7(10,8(11,12)13)4-1-2-15-5(3-4)6(14)16-17/h3,5,15,17H,1-2H2,(H2,14,16). The highest BCUT2D eigenvalue weighted by Crippen LogP contribution is 2.42. The highest BCUT2D eigenvalue weighted by Gasteiger charge is 2.59. The summed E-state index contributed by atoms with van der Waals surface area (Å²) in [7, 11) is 0. The summed E-state index contributed by atoms with van der Waals surface area (Å²) in [4.78, 5) is 0. The van der Waals surface area contributed by atoms with Gasteiger partial charge in [-0.25, -0.2) is 0 Å². The van der Waals surface area contributed by atoms with Gasteiger partial charge in [0.25, 0.3) is 0 Å². The third-order valence-corrected chi connectivity index (χ3v) is 2.32. The average Bonchev–Trinajstić information content (AvgIpc) is 2.26. The Labute approximate surface area is 93.0 Å². The fourth-order valence-electron chi connectivity index (χ4n) is 1.40. The highest BCUT2D eigenvalue weighted by atomic mass is 19.4. The maximum Gasteiger partial charge on any atom is 0.457 e. The topological polar surface area (TPSA) is 70.6 Å². The summed E-state index contributed by atoms with van der Waals surface area (Å²) < 4.78 is 62.3. The van der Waals surface area contributed by atoms with E-state index < -0.39 is 36.0 Å². The van der Waals surface area contributed by atoms with Crippen molar-refractivity contribution in [1.82, 2.24) is 5.32 Å². The van der Waals surface area contributed by atoms with E-state index in [1.807, 2.05) is 0 Å². The fraction of sp³-hybridized carbons (Fsp3) is 0.625. The third kappa shape index (κ3) is 2.65. The molecule has 1 unspecified atom stereocenters. The molecule has 0 bridgehead atoms. The molecule has 0 aromatic carbocycles. The first-order valence-electron chi connectivity index (χ1n) is 4.56. The number of hydrogen-bond donors (Lipinski definition) is 3. The van der Waals surface area contributed by atoms with E-state index in [4.69, 9.17) is 10.9 Å². The Bertz CT molecular complexity index is 350. The van der Waals surface area contributed by atoms with E-state index in [9.17, 15) is 22.0 Å². The summed E-state index contributed by atoms with van der Waals surface area (Å²) in [5, 5.41) is 13.4. The molecule has 98 valence electrons. The van der Waals surface area contributed by atoms with Crippen molar-refractivity contribution in [1.29, 1.82) is 0 Å². The molecule has 0 fully saturated rings. The van der Waals surface area contributed by atoms with Crippen LogP contribution in [0.4, 0.5) is 22.0 Å². The normalized spacial score (nSPS) is 23.5. The fourth-order valence-corrected chi connectivity index (χ4v) is 1.40. The second-order valence-electron chi connectivity index (χ2n) is 3.47. The third-order valence-electron chi connectivity index (χ3n) is 2.32. The van der Waals surface area contributed by atoms with Gasteiger partial charge in [-0.2, -0.15) is 22.0 Å². The van der Waals surface area contributed by atoms with Gasteiger partial charge >= 0.3 is 12.1 Å². The summed E-state index contributed by atoms with van der Waals surface area (Å²) >= 11 is 0. The molecule has 17 heavy (non-hydrogen) atoms. The van der Waals surface area contributed by atoms with Gasteiger partial charge in [0.05, 0.1) is 6.04 Å². The predicted octanol–water partition coefficient (Wildman–Crippen LogP) is 1.22. The first-order chi connectivity index (χ1) is 7.70. The van der Waals surface area contributed by atoms with Crippen molar-refractivity contribution in [3.8, 4) is 0 Å². The van der Waals surface area contributed by atoms with Crippen LogP contribution in [0, 0.1) is 0 Å². The smallest absolute Gasteiger partial charge is 0.409 e. The van der Waals surface area contributed by atoms with Gasteiger partial charge in [-0.15, -0.1) is 0 Å². The van der Waals surface area contributed by atoms with E-state index in [1.54, 1.807) is 0 Å². The maximum atomic E-state index is 13.0. The number of nitrogens with two attached hydrogens (primary N) is 1. The second-order valence-corrected chi connectivity index (χ2v) is 3.47. The first-order valence-corrected chi connectivity index (χ1v) is 4.56. The van der Waals surface area contributed by atoms with Crippen LogP contribution in [0.15, 0.2) is 16.8 Å². The summed E-state index contributed by atoms with van der Waals surface area (Å²) in [6, 6.07) is -1.13. The average molecular weight is 259 g/mol. The van der Waals surface area contributed by atoms with Crippen LogP contribution in [0.1, 0.15) is 6.42 Å². The van der Waals surface area contributed by atoms with Crippen molar-refractivity contribution in [2.45, 2.75) is 24.6 Å². The van der Waals surface area contributed by atoms with Crippen molar-refractivity contribution in [3.05, 3.63) is 11.6 Å². The lowest BCUT2D eigenvalue weighted by Crippen LogP contribution is -2.47. The van der Waals surface area contributed by atoms with Crippen LogP contribution < -0.4 is 11.1 Å². The van der Waals surface area contributed by atoms with Crippen LogP contribution in [-0.4, -0.2) is 35.7 Å². The highest BCUT2D eigenvalue weighted by molar-refractivity contribution is 5.87. The van der Waals surface area contributed by atoms with E-state index >= 15 is 0 Å². The van der Waals surface area contributed by atoms with Crippen LogP contribution in [0.2, 0.25) is 0 Å². The van der Waals surface area contributed by atoms with Gasteiger partial charge in [-0.3, -0.25) is 0 Å². The molecule has 0 radical (unpaired) electrons. The van der Waals surface area contributed by atoms with Crippen LogP contribution in [0.5, 0.6) is 0 Å². The molecule has 1 heterocycles. The summed E-state index contributed by atoms with van der Waals surface area (Å²) in [5.41, 5.74) is 4.05. The largest absolute Gasteiger partial charge is 0.457 e. The molecule has 1 aliphatic heterocycles. The number of nitrogens with one attached hydrogen (secondary N) is 1. The number of rotatable bonds is 2. The maximum absolute atomic E-state index is 13.0. The van der Waals surface area contributed by atoms with E-state index in [0.29, 0.717) is 6.08 Å². The Morgan fingerprint density at radius 3 is 2.47 bits per heavy atom. The van der Waals surface area contributed by atoms with Gasteiger partial charge in [0.2, 0.25) is 0 Å². The zero-order valence-electron chi connectivity index (χ0n) is 8.43. The van der Waals surface area contributed by atoms with E-state index in [-0.39, 0.29) is 6.54 Å². The quantitative estimate of drug-likeness (QED) is 0.174. The molecule has 0 aliphatic carbocycles. The Kier molecular flexibility index (Phi) is 3.60. The Morgan fingerprint density at radius 2 is 2.00 bits per heavy atom. The van der Waals surface area contributed by atoms with Crippen molar-refractivity contribution in [2.75, 3.05) is 6.54 Å². The molecule has 0 spiro atoms. The minimum atomic E-state index is -5.65. The number of nitrogens with zero attached hydrogens (tertiary/aromatic N) is 1. The lowest BCUT2D eigenvalue weighted by molar-refractivity contribution is -0.265. The number of halogens is 5. The van der Waals surface area contributed by atoms with E-state index in [1.165, 1.54) is 0 Å². The van der Waals surface area contributed by atoms with Gasteiger partial charge in [-0.1, -0.05) is 11.2 Å². The van der Waals surface area contributed by atoms with Crippen LogP contribution in [0.25, 0.3) is 0 Å². The molecular formula is C8H10F5N3O. The molecule has 4 N–H and O–H groups in total. The zero-order valence-corrected chi connectivity index (χ0v) is 8.43. The molecule has 0 saturated carbocycles. The Hall–Kier alpha value is -1.38. The zero-order chi connectivity index (χ0) is 13.3. The lowest BCUT2D eigenvalue weighted by atomic mass is 9.98. The number of oxime groups is 1. The van der Waals surface area contributed by atoms with Crippen molar-refractivity contribution >= 4 is 5.84 Å². The van der Waals surface area contributed by atoms with Gasteiger partial charge < -0.3 is 16.3 Å². The molecule has 1 rings (SSSR count). The summed E-state index contributed by atoms with van der Waals surface area (Å²) in [5.74, 6) is -5.37. The number of amidine groups is 1. The van der Waals surface area contributed by atoms with Crippen LogP contribution in [0.3, 0.4) is 0 Å². The molecule has 0 amide bonds. The predicted molar refractivity (Wildman–Crippen MR) is 48.9 cm³/mol. The molecule has 1 atom stereocenters. The SMILES string of the molecule is N/C(=N/O)C1C=C(C(F)(F)C(F)(F)F)CCN1. The van der Waals surface area contributed by atoms with Crippen molar-refractivity contribution in [3.63, 3.8) is 0 Å². The molecule has 1 aliphatic rings. The molecular weight excluding hydrogens is 249 g/mol. The van der Waals surface area contributed by atoms with Gasteiger partial charge in [-0.05, 0) is 6.42 Å². The minimum Gasteiger partial charge on any atom is -0.409 e.